The van der Waals surface area contributed by atoms with Gasteiger partial charge in [0.2, 0.25) is 0 Å². The Morgan fingerprint density at radius 3 is 2.78 bits per heavy atom. The van der Waals surface area contributed by atoms with Crippen LogP contribution >= 0.6 is 15.9 Å². The summed E-state index contributed by atoms with van der Waals surface area (Å²) in [6, 6.07) is 11.6. The average Bonchev–Trinajstić information content (AvgIpc) is 2.82. The smallest absolute Gasteiger partial charge is 0.198 e. The van der Waals surface area contributed by atoms with E-state index >= 15 is 0 Å². The van der Waals surface area contributed by atoms with Gasteiger partial charge in [0.05, 0.1) is 7.11 Å². The summed E-state index contributed by atoms with van der Waals surface area (Å²) >= 11 is 3.51. The lowest BCUT2D eigenvalue weighted by atomic mass is 10.2. The highest BCUT2D eigenvalue weighted by molar-refractivity contribution is 9.10. The van der Waals surface area contributed by atoms with Gasteiger partial charge in [-0.05, 0) is 24.3 Å². The first-order valence-corrected chi connectivity index (χ1v) is 6.23. The fourth-order valence-electron chi connectivity index (χ4n) is 1.80. The second-order valence-electron chi connectivity index (χ2n) is 3.76. The molecule has 0 saturated heterocycles. The predicted octanol–water partition coefficient (Wildman–Crippen LogP) is 3.17. The zero-order valence-electron chi connectivity index (χ0n) is 9.67. The molecule has 0 fully saturated rings. The molecule has 0 aliphatic carbocycles. The van der Waals surface area contributed by atoms with Gasteiger partial charge in [0.25, 0.3) is 0 Å². The number of pyridine rings is 1. The van der Waals surface area contributed by atoms with Crippen LogP contribution in [-0.2, 0) is 0 Å². The van der Waals surface area contributed by atoms with Crippen LogP contribution in [0, 0.1) is 0 Å². The summed E-state index contributed by atoms with van der Waals surface area (Å²) in [5.74, 6) is 1.38. The fourth-order valence-corrected chi connectivity index (χ4v) is 2.26. The van der Waals surface area contributed by atoms with Crippen molar-refractivity contribution in [3.05, 3.63) is 47.1 Å². The second-order valence-corrected chi connectivity index (χ2v) is 4.61. The molecule has 0 bridgehead atoms. The number of hydrogen-bond donors (Lipinski definition) is 0. The van der Waals surface area contributed by atoms with E-state index < -0.39 is 0 Å². The van der Waals surface area contributed by atoms with Gasteiger partial charge in [-0.3, -0.25) is 0 Å². The van der Waals surface area contributed by atoms with Crippen molar-refractivity contribution >= 4 is 21.6 Å². The number of fused-ring (bicyclic) bond motifs is 1. The van der Waals surface area contributed by atoms with E-state index in [1.807, 2.05) is 42.6 Å². The standard InChI is InChI=1S/C13H10BrN3O/c1-18-11-7-4-8-17-13(11)15-12(16-17)9-5-2-3-6-10(9)14/h2-8H,1H3. The third-order valence-electron chi connectivity index (χ3n) is 2.66. The average molecular weight is 304 g/mol. The zero-order chi connectivity index (χ0) is 12.5. The third-order valence-corrected chi connectivity index (χ3v) is 3.35. The van der Waals surface area contributed by atoms with Crippen molar-refractivity contribution in [2.75, 3.05) is 7.11 Å². The monoisotopic (exact) mass is 303 g/mol. The van der Waals surface area contributed by atoms with E-state index in [1.165, 1.54) is 0 Å². The number of halogens is 1. The van der Waals surface area contributed by atoms with E-state index in [4.69, 9.17) is 4.74 Å². The molecule has 1 aromatic carbocycles. The van der Waals surface area contributed by atoms with Crippen LogP contribution in [0.2, 0.25) is 0 Å². The highest BCUT2D eigenvalue weighted by atomic mass is 79.9. The van der Waals surface area contributed by atoms with Gasteiger partial charge in [0.15, 0.2) is 17.2 Å². The van der Waals surface area contributed by atoms with Gasteiger partial charge in [0.1, 0.15) is 0 Å². The Morgan fingerprint density at radius 1 is 1.17 bits per heavy atom. The van der Waals surface area contributed by atoms with E-state index in [0.717, 1.165) is 10.0 Å². The first-order chi connectivity index (χ1) is 8.79. The van der Waals surface area contributed by atoms with E-state index in [9.17, 15) is 0 Å². The summed E-state index contributed by atoms with van der Waals surface area (Å²) in [5, 5.41) is 4.45. The lowest BCUT2D eigenvalue weighted by molar-refractivity contribution is 0.416. The SMILES string of the molecule is COc1cccn2nc(-c3ccccc3Br)nc12. The summed E-state index contributed by atoms with van der Waals surface area (Å²) in [6.45, 7) is 0. The van der Waals surface area contributed by atoms with Crippen LogP contribution in [-0.4, -0.2) is 21.7 Å². The Bertz CT molecular complexity index is 708. The van der Waals surface area contributed by atoms with E-state index in [-0.39, 0.29) is 0 Å². The normalized spacial score (nSPS) is 10.8. The lowest BCUT2D eigenvalue weighted by Crippen LogP contribution is -1.90. The van der Waals surface area contributed by atoms with E-state index in [1.54, 1.807) is 11.6 Å². The molecule has 0 amide bonds. The van der Waals surface area contributed by atoms with Crippen LogP contribution in [0.5, 0.6) is 5.75 Å². The molecule has 4 nitrogen and oxygen atoms in total. The highest BCUT2D eigenvalue weighted by Crippen LogP contribution is 2.27. The summed E-state index contributed by atoms with van der Waals surface area (Å²) in [4.78, 5) is 4.51. The van der Waals surface area contributed by atoms with Gasteiger partial charge >= 0.3 is 0 Å². The molecule has 5 heteroatoms. The molecule has 2 aromatic heterocycles. The maximum absolute atomic E-state index is 5.27. The van der Waals surface area contributed by atoms with Crippen LogP contribution in [0.4, 0.5) is 0 Å². The molecule has 0 spiro atoms. The molecule has 18 heavy (non-hydrogen) atoms. The molecule has 0 saturated carbocycles. The molecule has 0 radical (unpaired) electrons. The molecule has 90 valence electrons. The van der Waals surface area contributed by atoms with Crippen molar-refractivity contribution in [2.45, 2.75) is 0 Å². The minimum absolute atomic E-state index is 0.673. The van der Waals surface area contributed by atoms with Gasteiger partial charge in [-0.1, -0.05) is 28.1 Å². The topological polar surface area (TPSA) is 39.4 Å². The Labute approximate surface area is 112 Å². The zero-order valence-corrected chi connectivity index (χ0v) is 11.3. The van der Waals surface area contributed by atoms with Crippen molar-refractivity contribution in [3.63, 3.8) is 0 Å². The highest BCUT2D eigenvalue weighted by Gasteiger charge is 2.11. The van der Waals surface area contributed by atoms with Crippen LogP contribution in [0.25, 0.3) is 17.0 Å². The van der Waals surface area contributed by atoms with Crippen LogP contribution in [0.15, 0.2) is 47.1 Å². The van der Waals surface area contributed by atoms with Crippen molar-refractivity contribution in [1.82, 2.24) is 14.6 Å². The van der Waals surface area contributed by atoms with Gasteiger partial charge < -0.3 is 4.74 Å². The molecular formula is C13H10BrN3O. The molecular weight excluding hydrogens is 294 g/mol. The number of benzene rings is 1. The largest absolute Gasteiger partial charge is 0.493 e. The molecule has 0 N–H and O–H groups in total. The Hall–Kier alpha value is -1.88. The number of methoxy groups -OCH3 is 1. The summed E-state index contributed by atoms with van der Waals surface area (Å²) in [5.41, 5.74) is 1.68. The summed E-state index contributed by atoms with van der Waals surface area (Å²) in [6.07, 6.45) is 1.85. The van der Waals surface area contributed by atoms with Gasteiger partial charge in [-0.15, -0.1) is 5.10 Å². The lowest BCUT2D eigenvalue weighted by Gasteiger charge is -1.98. The molecule has 0 aliphatic rings. The molecule has 0 atom stereocenters. The Morgan fingerprint density at radius 2 is 2.00 bits per heavy atom. The van der Waals surface area contributed by atoms with Crippen molar-refractivity contribution in [1.29, 1.82) is 0 Å². The molecule has 3 aromatic rings. The Balaban J connectivity index is 2.23. The summed E-state index contributed by atoms with van der Waals surface area (Å²) < 4.78 is 7.96. The molecule has 3 rings (SSSR count). The van der Waals surface area contributed by atoms with Gasteiger partial charge in [-0.25, -0.2) is 9.50 Å². The quantitative estimate of drug-likeness (QED) is 0.730. The molecule has 2 heterocycles. The minimum atomic E-state index is 0.673. The van der Waals surface area contributed by atoms with Gasteiger partial charge in [0, 0.05) is 16.2 Å². The van der Waals surface area contributed by atoms with E-state index in [2.05, 4.69) is 26.0 Å². The number of hydrogen-bond acceptors (Lipinski definition) is 3. The van der Waals surface area contributed by atoms with Crippen LogP contribution < -0.4 is 4.74 Å². The molecule has 0 unspecified atom stereocenters. The first kappa shape index (κ1) is 11.2. The molecule has 0 aliphatic heterocycles. The number of nitrogens with zero attached hydrogens (tertiary/aromatic N) is 3. The van der Waals surface area contributed by atoms with E-state index in [0.29, 0.717) is 17.2 Å². The van der Waals surface area contributed by atoms with Crippen molar-refractivity contribution in [3.8, 4) is 17.1 Å². The third kappa shape index (κ3) is 1.76. The van der Waals surface area contributed by atoms with Crippen molar-refractivity contribution < 1.29 is 4.74 Å². The predicted molar refractivity (Wildman–Crippen MR) is 72.7 cm³/mol. The minimum Gasteiger partial charge on any atom is -0.493 e. The van der Waals surface area contributed by atoms with Crippen LogP contribution in [0.3, 0.4) is 0 Å². The second kappa shape index (κ2) is 4.42. The number of ether oxygens (including phenoxy) is 1. The summed E-state index contributed by atoms with van der Waals surface area (Å²) in [7, 11) is 1.63. The number of aromatic nitrogens is 3. The van der Waals surface area contributed by atoms with Crippen molar-refractivity contribution in [2.24, 2.45) is 0 Å². The van der Waals surface area contributed by atoms with Crippen LogP contribution in [0.1, 0.15) is 0 Å². The maximum atomic E-state index is 5.27. The maximum Gasteiger partial charge on any atom is 0.198 e. The van der Waals surface area contributed by atoms with Gasteiger partial charge in [-0.2, -0.15) is 0 Å². The fraction of sp³-hybridized carbons (Fsp3) is 0.0769. The first-order valence-electron chi connectivity index (χ1n) is 5.44. The Kier molecular flexibility index (Phi) is 2.76. The number of rotatable bonds is 2.